The van der Waals surface area contributed by atoms with Crippen molar-refractivity contribution in [1.29, 1.82) is 0 Å². The number of amides is 1. The Kier molecular flexibility index (Phi) is 5.01. The van der Waals surface area contributed by atoms with Gasteiger partial charge in [-0.1, -0.05) is 28.1 Å². The molecule has 0 saturated heterocycles. The Morgan fingerprint density at radius 3 is 2.40 bits per heavy atom. The molecule has 0 aliphatic heterocycles. The maximum atomic E-state index is 11.9. The number of aliphatic hydroxyl groups is 1. The fourth-order valence-corrected chi connectivity index (χ4v) is 2.31. The van der Waals surface area contributed by atoms with Crippen LogP contribution in [0.15, 0.2) is 50.0 Å². The Morgan fingerprint density at radius 2 is 1.85 bits per heavy atom. The van der Waals surface area contributed by atoms with Crippen LogP contribution in [0.1, 0.15) is 29.1 Å². The van der Waals surface area contributed by atoms with Gasteiger partial charge >= 0.3 is 0 Å². The average Bonchev–Trinajstić information content (AvgIpc) is 2.85. The largest absolute Gasteiger partial charge is 0.444 e. The Hall–Kier alpha value is -1.11. The molecule has 0 fully saturated rings. The first kappa shape index (κ1) is 15.3. The Morgan fingerprint density at radius 1 is 1.20 bits per heavy atom. The molecule has 0 bridgehead atoms. The van der Waals surface area contributed by atoms with Crippen LogP contribution in [0.4, 0.5) is 0 Å². The van der Waals surface area contributed by atoms with Crippen LogP contribution in [0.5, 0.6) is 0 Å². The molecule has 1 heterocycles. The summed E-state index contributed by atoms with van der Waals surface area (Å²) in [6.45, 7) is 1.74. The number of carbonyl (C=O) groups is 1. The molecule has 0 saturated carbocycles. The van der Waals surface area contributed by atoms with Gasteiger partial charge in [0.2, 0.25) is 0 Å². The summed E-state index contributed by atoms with van der Waals surface area (Å²) in [6, 6.07) is 10.1. The maximum absolute atomic E-state index is 11.9. The van der Waals surface area contributed by atoms with Gasteiger partial charge in [0.25, 0.3) is 5.91 Å². The number of rotatable bonds is 4. The van der Waals surface area contributed by atoms with E-state index in [0.29, 0.717) is 4.67 Å². The summed E-state index contributed by atoms with van der Waals surface area (Å²) in [5.41, 5.74) is 0.738. The van der Waals surface area contributed by atoms with Gasteiger partial charge in [0.1, 0.15) is 0 Å². The van der Waals surface area contributed by atoms with Crippen LogP contribution in [0, 0.1) is 0 Å². The highest BCUT2D eigenvalue weighted by Crippen LogP contribution is 2.20. The molecule has 1 aromatic carbocycles. The first-order valence-corrected chi connectivity index (χ1v) is 7.55. The summed E-state index contributed by atoms with van der Waals surface area (Å²) in [6.07, 6.45) is -0.787. The van der Waals surface area contributed by atoms with Gasteiger partial charge in [-0.25, -0.2) is 0 Å². The van der Waals surface area contributed by atoms with Gasteiger partial charge < -0.3 is 14.8 Å². The minimum absolute atomic E-state index is 0.201. The summed E-state index contributed by atoms with van der Waals surface area (Å²) in [5.74, 6) is -0.161. The van der Waals surface area contributed by atoms with Crippen LogP contribution < -0.4 is 5.32 Å². The predicted octanol–water partition coefficient (Wildman–Crippen LogP) is 3.66. The highest BCUT2D eigenvalue weighted by Gasteiger charge is 2.20. The lowest BCUT2D eigenvalue weighted by atomic mass is 10.0. The fraction of sp³-hybridized carbons (Fsp3) is 0.214. The number of halogens is 2. The van der Waals surface area contributed by atoms with E-state index in [1.165, 1.54) is 0 Å². The number of benzene rings is 1. The van der Waals surface area contributed by atoms with Crippen molar-refractivity contribution in [1.82, 2.24) is 5.32 Å². The van der Waals surface area contributed by atoms with Crippen molar-refractivity contribution in [3.63, 3.8) is 0 Å². The van der Waals surface area contributed by atoms with Crippen LogP contribution in [0.25, 0.3) is 0 Å². The molecule has 106 valence electrons. The van der Waals surface area contributed by atoms with Crippen molar-refractivity contribution in [2.24, 2.45) is 0 Å². The summed E-state index contributed by atoms with van der Waals surface area (Å²) in [5, 5.41) is 12.9. The molecule has 6 heteroatoms. The Labute approximate surface area is 133 Å². The van der Waals surface area contributed by atoms with Gasteiger partial charge in [-0.15, -0.1) is 0 Å². The average molecular weight is 403 g/mol. The first-order valence-electron chi connectivity index (χ1n) is 5.97. The maximum Gasteiger partial charge on any atom is 0.287 e. The second-order valence-corrected chi connectivity index (χ2v) is 6.06. The minimum Gasteiger partial charge on any atom is -0.444 e. The summed E-state index contributed by atoms with van der Waals surface area (Å²) < 4.78 is 6.59. The van der Waals surface area contributed by atoms with E-state index in [1.54, 1.807) is 31.2 Å². The molecule has 2 rings (SSSR count). The third-order valence-electron chi connectivity index (χ3n) is 2.84. The molecule has 4 nitrogen and oxygen atoms in total. The lowest BCUT2D eigenvalue weighted by Gasteiger charge is -2.20. The Balaban J connectivity index is 2.02. The van der Waals surface area contributed by atoms with E-state index in [0.717, 1.165) is 10.0 Å². The molecule has 2 aromatic rings. The molecule has 0 radical (unpaired) electrons. The number of hydrogen-bond acceptors (Lipinski definition) is 3. The van der Waals surface area contributed by atoms with E-state index < -0.39 is 12.1 Å². The quantitative estimate of drug-likeness (QED) is 0.820. The lowest BCUT2D eigenvalue weighted by molar-refractivity contribution is 0.0825. The van der Waals surface area contributed by atoms with E-state index in [2.05, 4.69) is 37.2 Å². The molecular formula is C14H13Br2NO3. The molecule has 0 aliphatic carbocycles. The first-order chi connectivity index (χ1) is 9.47. The number of hydrogen-bond donors (Lipinski definition) is 2. The van der Waals surface area contributed by atoms with Crippen LogP contribution in [0.2, 0.25) is 0 Å². The number of furan rings is 1. The highest BCUT2D eigenvalue weighted by molar-refractivity contribution is 9.10. The molecule has 1 amide bonds. The normalized spacial score (nSPS) is 13.8. The molecular weight excluding hydrogens is 390 g/mol. The minimum atomic E-state index is -0.787. The van der Waals surface area contributed by atoms with Crippen LogP contribution >= 0.6 is 31.9 Å². The Bertz CT molecular complexity index is 595. The molecule has 0 unspecified atom stereocenters. The van der Waals surface area contributed by atoms with E-state index in [1.807, 2.05) is 12.1 Å². The van der Waals surface area contributed by atoms with Crippen molar-refractivity contribution in [3.8, 4) is 0 Å². The van der Waals surface area contributed by atoms with Gasteiger partial charge in [0.15, 0.2) is 10.4 Å². The zero-order valence-corrected chi connectivity index (χ0v) is 13.8. The summed E-state index contributed by atoms with van der Waals surface area (Å²) >= 11 is 6.48. The summed E-state index contributed by atoms with van der Waals surface area (Å²) in [7, 11) is 0. The van der Waals surface area contributed by atoms with Crippen molar-refractivity contribution >= 4 is 37.8 Å². The van der Waals surface area contributed by atoms with Gasteiger partial charge in [0.05, 0.1) is 12.1 Å². The molecule has 1 aromatic heterocycles. The van der Waals surface area contributed by atoms with Crippen molar-refractivity contribution in [2.45, 2.75) is 19.1 Å². The molecule has 20 heavy (non-hydrogen) atoms. The van der Waals surface area contributed by atoms with Gasteiger partial charge in [-0.05, 0) is 52.7 Å². The van der Waals surface area contributed by atoms with Gasteiger partial charge in [-0.3, -0.25) is 4.79 Å². The van der Waals surface area contributed by atoms with E-state index in [-0.39, 0.29) is 11.7 Å². The summed E-state index contributed by atoms with van der Waals surface area (Å²) in [4.78, 5) is 11.9. The smallest absolute Gasteiger partial charge is 0.287 e. The second-order valence-electron chi connectivity index (χ2n) is 4.36. The fourth-order valence-electron chi connectivity index (χ4n) is 1.74. The number of nitrogens with one attached hydrogen (secondary N) is 1. The van der Waals surface area contributed by atoms with Crippen LogP contribution in [-0.2, 0) is 0 Å². The SMILES string of the molecule is C[C@H](NC(=O)c1ccc(Br)o1)[C@@H](O)c1ccc(Br)cc1. The topological polar surface area (TPSA) is 62.5 Å². The van der Waals surface area contributed by atoms with Gasteiger partial charge in [0, 0.05) is 4.47 Å². The van der Waals surface area contributed by atoms with E-state index in [9.17, 15) is 9.90 Å². The van der Waals surface area contributed by atoms with Crippen molar-refractivity contribution in [3.05, 3.63) is 56.9 Å². The second kappa shape index (κ2) is 6.56. The standard InChI is InChI=1S/C14H13Br2NO3/c1-8(13(18)9-2-4-10(15)5-3-9)17-14(19)11-6-7-12(16)20-11/h2-8,13,18H,1H3,(H,17,19)/t8-,13+/m0/s1. The van der Waals surface area contributed by atoms with Gasteiger partial charge in [-0.2, -0.15) is 0 Å². The molecule has 0 spiro atoms. The zero-order valence-electron chi connectivity index (χ0n) is 10.6. The van der Waals surface area contributed by atoms with Crippen molar-refractivity contribution < 1.29 is 14.3 Å². The number of aliphatic hydroxyl groups excluding tert-OH is 1. The predicted molar refractivity (Wildman–Crippen MR) is 82.4 cm³/mol. The number of carbonyl (C=O) groups excluding carboxylic acids is 1. The van der Waals surface area contributed by atoms with E-state index >= 15 is 0 Å². The molecule has 0 aliphatic rings. The third-order valence-corrected chi connectivity index (χ3v) is 3.80. The van der Waals surface area contributed by atoms with Crippen molar-refractivity contribution in [2.75, 3.05) is 0 Å². The van der Waals surface area contributed by atoms with Crippen LogP contribution in [-0.4, -0.2) is 17.1 Å². The monoisotopic (exact) mass is 401 g/mol. The molecule has 2 atom stereocenters. The lowest BCUT2D eigenvalue weighted by Crippen LogP contribution is -2.36. The van der Waals surface area contributed by atoms with Crippen LogP contribution in [0.3, 0.4) is 0 Å². The highest BCUT2D eigenvalue weighted by atomic mass is 79.9. The molecule has 2 N–H and O–H groups in total. The third kappa shape index (κ3) is 3.71. The zero-order chi connectivity index (χ0) is 14.7. The van der Waals surface area contributed by atoms with E-state index in [4.69, 9.17) is 4.42 Å².